The van der Waals surface area contributed by atoms with Gasteiger partial charge in [0.05, 0.1) is 5.56 Å². The number of rotatable bonds is 1. The van der Waals surface area contributed by atoms with Crippen LogP contribution in [0.15, 0.2) is 22.4 Å². The number of hydrogen-bond acceptors (Lipinski definition) is 2. The van der Waals surface area contributed by atoms with Crippen molar-refractivity contribution in [3.05, 3.63) is 39.2 Å². The van der Waals surface area contributed by atoms with E-state index in [1.165, 1.54) is 6.20 Å². The highest BCUT2D eigenvalue weighted by Gasteiger charge is 1.99. The Balaban J connectivity index is 3.43. The Morgan fingerprint density at radius 1 is 1.55 bits per heavy atom. The Morgan fingerprint density at radius 3 is 2.64 bits per heavy atom. The van der Waals surface area contributed by atoms with Crippen molar-refractivity contribution in [1.82, 2.24) is 9.97 Å². The molecule has 0 saturated carbocycles. The lowest BCUT2D eigenvalue weighted by atomic mass is 10.3. The molecule has 11 heavy (non-hydrogen) atoms. The molecule has 0 unspecified atom stereocenters. The van der Waals surface area contributed by atoms with Gasteiger partial charge in [-0.05, 0) is 22.6 Å². The van der Waals surface area contributed by atoms with Crippen LogP contribution in [0.5, 0.6) is 0 Å². The van der Waals surface area contributed by atoms with Gasteiger partial charge in [-0.2, -0.15) is 0 Å². The predicted octanol–water partition coefficient (Wildman–Crippen LogP) is 0.469. The number of aromatic amines is 2. The van der Waals surface area contributed by atoms with Crippen molar-refractivity contribution >= 4 is 26.2 Å². The van der Waals surface area contributed by atoms with Crippen LogP contribution in [0.1, 0.15) is 5.56 Å². The Bertz CT molecular complexity index is 390. The van der Waals surface area contributed by atoms with Gasteiger partial charge in [0, 0.05) is 9.78 Å². The maximum Gasteiger partial charge on any atom is 0.325 e. The van der Waals surface area contributed by atoms with Gasteiger partial charge in [0.2, 0.25) is 0 Å². The summed E-state index contributed by atoms with van der Waals surface area (Å²) in [5.74, 6) is 0. The molecule has 1 aromatic rings. The topological polar surface area (TPSA) is 65.7 Å². The van der Waals surface area contributed by atoms with Gasteiger partial charge in [-0.3, -0.25) is 9.78 Å². The van der Waals surface area contributed by atoms with Gasteiger partial charge in [0.1, 0.15) is 0 Å². The van der Waals surface area contributed by atoms with E-state index in [-0.39, 0.29) is 0 Å². The van der Waals surface area contributed by atoms with Crippen molar-refractivity contribution in [3.63, 3.8) is 0 Å². The van der Waals surface area contributed by atoms with Crippen LogP contribution in [0.4, 0.5) is 0 Å². The molecule has 1 rings (SSSR count). The summed E-state index contributed by atoms with van der Waals surface area (Å²) in [5.41, 5.74) is -0.519. The van der Waals surface area contributed by atoms with E-state index >= 15 is 0 Å². The van der Waals surface area contributed by atoms with Crippen molar-refractivity contribution in [2.75, 3.05) is 0 Å². The van der Waals surface area contributed by atoms with Gasteiger partial charge in [-0.15, -0.1) is 0 Å². The van der Waals surface area contributed by atoms with E-state index in [9.17, 15) is 9.59 Å². The van der Waals surface area contributed by atoms with E-state index in [4.69, 9.17) is 0 Å². The second kappa shape index (κ2) is 3.04. The van der Waals surface area contributed by atoms with Crippen molar-refractivity contribution in [2.45, 2.75) is 0 Å². The molecule has 0 bridgehead atoms. The van der Waals surface area contributed by atoms with E-state index in [0.29, 0.717) is 9.14 Å². The molecule has 58 valence electrons. The minimum atomic E-state index is -0.503. The summed E-state index contributed by atoms with van der Waals surface area (Å²) in [6, 6.07) is 0. The molecular formula is C6H5IN2O2. The maximum absolute atomic E-state index is 10.9. The second-order valence-electron chi connectivity index (χ2n) is 1.89. The fourth-order valence-corrected chi connectivity index (χ4v) is 1.01. The van der Waals surface area contributed by atoms with Crippen molar-refractivity contribution in [1.29, 1.82) is 0 Å². The largest absolute Gasteiger partial charge is 0.325 e. The maximum atomic E-state index is 10.9. The van der Waals surface area contributed by atoms with Gasteiger partial charge in [-0.1, -0.05) is 6.58 Å². The molecule has 0 fully saturated rings. The summed E-state index contributed by atoms with van der Waals surface area (Å²) in [4.78, 5) is 25.9. The lowest BCUT2D eigenvalue weighted by molar-refractivity contribution is 1.03. The molecule has 1 heterocycles. The highest BCUT2D eigenvalue weighted by Crippen LogP contribution is 2.12. The van der Waals surface area contributed by atoms with Crippen LogP contribution in [-0.2, 0) is 0 Å². The third kappa shape index (κ3) is 1.79. The van der Waals surface area contributed by atoms with Gasteiger partial charge in [0.25, 0.3) is 5.56 Å². The molecule has 2 N–H and O–H groups in total. The van der Waals surface area contributed by atoms with E-state index in [0.717, 1.165) is 0 Å². The summed E-state index contributed by atoms with van der Waals surface area (Å²) in [6.45, 7) is 3.56. The molecule has 0 aliphatic carbocycles. The van der Waals surface area contributed by atoms with Crippen LogP contribution in [0.2, 0.25) is 0 Å². The normalized spacial score (nSPS) is 9.55. The van der Waals surface area contributed by atoms with Crippen molar-refractivity contribution < 1.29 is 0 Å². The van der Waals surface area contributed by atoms with Crippen molar-refractivity contribution in [2.24, 2.45) is 0 Å². The molecule has 0 radical (unpaired) electrons. The Labute approximate surface area is 75.5 Å². The minimum Gasteiger partial charge on any atom is -0.313 e. The smallest absolute Gasteiger partial charge is 0.313 e. The number of nitrogens with one attached hydrogen (secondary N) is 2. The van der Waals surface area contributed by atoms with Gasteiger partial charge in [-0.25, -0.2) is 4.79 Å². The molecule has 0 spiro atoms. The van der Waals surface area contributed by atoms with Gasteiger partial charge in [0.15, 0.2) is 0 Å². The van der Waals surface area contributed by atoms with E-state index < -0.39 is 11.2 Å². The monoisotopic (exact) mass is 264 g/mol. The molecule has 0 aromatic carbocycles. The minimum absolute atomic E-state index is 0.394. The summed E-state index contributed by atoms with van der Waals surface area (Å²) < 4.78 is 0.597. The Kier molecular flexibility index (Phi) is 2.28. The van der Waals surface area contributed by atoms with Crippen LogP contribution in [0, 0.1) is 0 Å². The van der Waals surface area contributed by atoms with E-state index in [1.54, 1.807) is 0 Å². The molecular weight excluding hydrogens is 259 g/mol. The van der Waals surface area contributed by atoms with Crippen molar-refractivity contribution in [3.8, 4) is 0 Å². The van der Waals surface area contributed by atoms with E-state index in [2.05, 4.69) is 16.5 Å². The first-order valence-electron chi connectivity index (χ1n) is 2.78. The summed E-state index contributed by atoms with van der Waals surface area (Å²) in [6.07, 6.45) is 1.34. The zero-order valence-corrected chi connectivity index (χ0v) is 7.64. The van der Waals surface area contributed by atoms with Gasteiger partial charge < -0.3 is 4.98 Å². The average Bonchev–Trinajstić information content (AvgIpc) is 1.85. The van der Waals surface area contributed by atoms with Crippen LogP contribution in [0.3, 0.4) is 0 Å². The molecule has 0 amide bonds. The molecule has 0 atom stereocenters. The zero-order valence-electron chi connectivity index (χ0n) is 5.48. The summed E-state index contributed by atoms with van der Waals surface area (Å²) in [7, 11) is 0. The average molecular weight is 264 g/mol. The lowest BCUT2D eigenvalue weighted by Gasteiger charge is -1.92. The van der Waals surface area contributed by atoms with Crippen LogP contribution in [0.25, 0.3) is 3.58 Å². The summed E-state index contributed by atoms with van der Waals surface area (Å²) >= 11 is 1.91. The van der Waals surface area contributed by atoms with Crippen LogP contribution < -0.4 is 11.2 Å². The SMILES string of the molecule is C=C(I)c1c[nH]c(=O)[nH]c1=O. The first-order chi connectivity index (χ1) is 5.11. The molecule has 1 aromatic heterocycles. The fraction of sp³-hybridized carbons (Fsp3) is 0. The summed E-state index contributed by atoms with van der Waals surface area (Å²) in [5, 5.41) is 0. The first kappa shape index (κ1) is 8.25. The molecule has 0 aliphatic heterocycles. The third-order valence-electron chi connectivity index (χ3n) is 1.11. The van der Waals surface area contributed by atoms with Gasteiger partial charge >= 0.3 is 5.69 Å². The number of hydrogen-bond donors (Lipinski definition) is 2. The lowest BCUT2D eigenvalue weighted by Crippen LogP contribution is -2.23. The molecule has 5 heteroatoms. The quantitative estimate of drug-likeness (QED) is 0.724. The first-order valence-corrected chi connectivity index (χ1v) is 3.86. The third-order valence-corrected chi connectivity index (χ3v) is 1.69. The predicted molar refractivity (Wildman–Crippen MR) is 50.7 cm³/mol. The molecule has 0 aliphatic rings. The zero-order chi connectivity index (χ0) is 8.43. The second-order valence-corrected chi connectivity index (χ2v) is 3.19. The van der Waals surface area contributed by atoms with Crippen LogP contribution >= 0.6 is 22.6 Å². The standard InChI is InChI=1S/C6H5IN2O2/c1-3(7)4-2-8-6(11)9-5(4)10/h2H,1H2,(H2,8,9,10,11). The highest BCUT2D eigenvalue weighted by molar-refractivity contribution is 14.1. The highest BCUT2D eigenvalue weighted by atomic mass is 127. The van der Waals surface area contributed by atoms with Crippen LogP contribution in [-0.4, -0.2) is 9.97 Å². The number of aromatic nitrogens is 2. The Hall–Kier alpha value is -0.850. The number of H-pyrrole nitrogens is 2. The Morgan fingerprint density at radius 2 is 2.18 bits per heavy atom. The molecule has 4 nitrogen and oxygen atoms in total. The van der Waals surface area contributed by atoms with E-state index in [1.807, 2.05) is 22.6 Å². The molecule has 0 saturated heterocycles. The number of halogens is 1. The fourth-order valence-electron chi connectivity index (χ4n) is 0.611.